The summed E-state index contributed by atoms with van der Waals surface area (Å²) in [5, 5.41) is 11.0. The average Bonchev–Trinajstić information content (AvgIpc) is 2.19. The van der Waals surface area contributed by atoms with E-state index in [1.165, 1.54) is 0 Å². The minimum atomic E-state index is -6.01. The summed E-state index contributed by atoms with van der Waals surface area (Å²) in [5.41, 5.74) is -6.55. The van der Waals surface area contributed by atoms with Crippen molar-refractivity contribution in [3.8, 4) is 0 Å². The van der Waals surface area contributed by atoms with E-state index >= 15 is 0 Å². The molecule has 10 heteroatoms. The topological polar surface area (TPSA) is 69.6 Å². The van der Waals surface area contributed by atoms with Gasteiger partial charge >= 0.3 is 15.5 Å². The fourth-order valence-corrected chi connectivity index (χ4v) is 1.27. The third kappa shape index (κ3) is 2.94. The second kappa shape index (κ2) is 4.52. The molecule has 100 valence electrons. The van der Waals surface area contributed by atoms with Crippen molar-refractivity contribution in [3.63, 3.8) is 0 Å². The summed E-state index contributed by atoms with van der Waals surface area (Å²) in [6.45, 7) is 0. The molecule has 0 N–H and O–H groups in total. The van der Waals surface area contributed by atoms with Crippen molar-refractivity contribution >= 4 is 15.9 Å². The van der Waals surface area contributed by atoms with Crippen molar-refractivity contribution < 1.29 is 35.5 Å². The van der Waals surface area contributed by atoms with Gasteiger partial charge in [0.15, 0.2) is 11.6 Å². The molecule has 1 rings (SSSR count). The Kier molecular flexibility index (Phi) is 3.60. The number of nitrogens with zero attached hydrogens (tertiary/aromatic N) is 1. The molecule has 0 aliphatic rings. The number of benzene rings is 1. The molecule has 0 atom stereocenters. The molecule has 0 spiro atoms. The molecule has 0 saturated heterocycles. The van der Waals surface area contributed by atoms with Crippen LogP contribution in [-0.4, -0.2) is 19.8 Å². The van der Waals surface area contributed by atoms with Crippen LogP contribution < -0.4 is 5.11 Å². The van der Waals surface area contributed by atoms with E-state index in [0.717, 1.165) is 0 Å². The summed E-state index contributed by atoms with van der Waals surface area (Å²) in [7, 11) is -6.01. The third-order valence-corrected chi connectivity index (χ3v) is 2.65. The SMILES string of the molecule is O=S(=O)(/N=C(\[O-])c1ccc(F)c(F)c1)C(F)(F)F. The van der Waals surface area contributed by atoms with Gasteiger partial charge in [0.25, 0.3) is 0 Å². The van der Waals surface area contributed by atoms with Crippen LogP contribution in [0.5, 0.6) is 0 Å². The molecule has 0 bridgehead atoms. The zero-order valence-corrected chi connectivity index (χ0v) is 9.02. The van der Waals surface area contributed by atoms with Gasteiger partial charge in [-0.25, -0.2) is 8.78 Å². The van der Waals surface area contributed by atoms with Crippen molar-refractivity contribution in [2.24, 2.45) is 4.40 Å². The molecule has 0 aliphatic carbocycles. The molecular weight excluding hydrogens is 285 g/mol. The summed E-state index contributed by atoms with van der Waals surface area (Å²) < 4.78 is 83.7. The fourth-order valence-electron chi connectivity index (χ4n) is 0.843. The first-order chi connectivity index (χ1) is 8.04. The zero-order valence-electron chi connectivity index (χ0n) is 8.20. The number of halogens is 5. The van der Waals surface area contributed by atoms with Gasteiger partial charge in [-0.15, -0.1) is 0 Å². The highest BCUT2D eigenvalue weighted by molar-refractivity contribution is 7.91. The Balaban J connectivity index is 3.23. The second-order valence-electron chi connectivity index (χ2n) is 2.95. The smallest absolute Gasteiger partial charge is 0.518 e. The molecule has 0 unspecified atom stereocenters. The van der Waals surface area contributed by atoms with Crippen LogP contribution >= 0.6 is 0 Å². The maximum atomic E-state index is 12.7. The lowest BCUT2D eigenvalue weighted by Crippen LogP contribution is -2.27. The number of alkyl halides is 3. The van der Waals surface area contributed by atoms with Crippen molar-refractivity contribution in [3.05, 3.63) is 35.4 Å². The molecule has 1 aromatic rings. The van der Waals surface area contributed by atoms with Crippen LogP contribution in [0.4, 0.5) is 22.0 Å². The molecule has 0 amide bonds. The van der Waals surface area contributed by atoms with Crippen LogP contribution in [0.25, 0.3) is 0 Å². The highest BCUT2D eigenvalue weighted by atomic mass is 32.2. The molecule has 0 heterocycles. The Morgan fingerprint density at radius 2 is 1.72 bits per heavy atom. The lowest BCUT2D eigenvalue weighted by Gasteiger charge is -2.11. The van der Waals surface area contributed by atoms with Gasteiger partial charge in [0, 0.05) is 5.90 Å². The normalized spacial score (nSPS) is 13.7. The van der Waals surface area contributed by atoms with E-state index in [1.807, 2.05) is 4.40 Å². The van der Waals surface area contributed by atoms with Gasteiger partial charge in [0.05, 0.1) is 0 Å². The monoisotopic (exact) mass is 288 g/mol. The molecule has 18 heavy (non-hydrogen) atoms. The van der Waals surface area contributed by atoms with Crippen molar-refractivity contribution in [2.45, 2.75) is 5.51 Å². The fraction of sp³-hybridized carbons (Fsp3) is 0.125. The van der Waals surface area contributed by atoms with Crippen LogP contribution in [0.2, 0.25) is 0 Å². The minimum Gasteiger partial charge on any atom is -0.858 e. The maximum absolute atomic E-state index is 12.7. The summed E-state index contributed by atoms with van der Waals surface area (Å²) >= 11 is 0. The van der Waals surface area contributed by atoms with Gasteiger partial charge in [0.1, 0.15) is 0 Å². The Bertz CT molecular complexity index is 593. The van der Waals surface area contributed by atoms with E-state index in [0.29, 0.717) is 12.1 Å². The minimum absolute atomic E-state index is 0.243. The van der Waals surface area contributed by atoms with Gasteiger partial charge in [-0.2, -0.15) is 26.0 Å². The van der Waals surface area contributed by atoms with Crippen molar-refractivity contribution in [1.29, 1.82) is 0 Å². The molecule has 0 aromatic heterocycles. The van der Waals surface area contributed by atoms with Crippen molar-refractivity contribution in [2.75, 3.05) is 0 Å². The van der Waals surface area contributed by atoms with E-state index in [4.69, 9.17) is 0 Å². The number of hydrogen-bond acceptors (Lipinski definition) is 3. The first kappa shape index (κ1) is 14.4. The van der Waals surface area contributed by atoms with Crippen LogP contribution in [0, 0.1) is 11.6 Å². The Morgan fingerprint density at radius 3 is 2.17 bits per heavy atom. The van der Waals surface area contributed by atoms with E-state index < -0.39 is 38.6 Å². The van der Waals surface area contributed by atoms with Crippen LogP contribution in [0.15, 0.2) is 22.6 Å². The van der Waals surface area contributed by atoms with E-state index in [9.17, 15) is 35.5 Å². The molecule has 0 aliphatic heterocycles. The van der Waals surface area contributed by atoms with E-state index in [2.05, 4.69) is 0 Å². The quantitative estimate of drug-likeness (QED) is 0.461. The maximum Gasteiger partial charge on any atom is 0.518 e. The zero-order chi connectivity index (χ0) is 14.1. The Hall–Kier alpha value is -1.71. The first-order valence-electron chi connectivity index (χ1n) is 4.08. The molecular formula is C8H3F5NO3S-. The first-order valence-corrected chi connectivity index (χ1v) is 5.52. The molecule has 0 saturated carbocycles. The highest BCUT2D eigenvalue weighted by Gasteiger charge is 2.45. The van der Waals surface area contributed by atoms with E-state index in [-0.39, 0.29) is 6.07 Å². The molecule has 0 radical (unpaired) electrons. The summed E-state index contributed by atoms with van der Waals surface area (Å²) in [6.07, 6.45) is 0. The molecule has 0 fully saturated rings. The average molecular weight is 288 g/mol. The second-order valence-corrected chi connectivity index (χ2v) is 4.54. The van der Waals surface area contributed by atoms with Crippen LogP contribution in [-0.2, 0) is 10.0 Å². The highest BCUT2D eigenvalue weighted by Crippen LogP contribution is 2.25. The van der Waals surface area contributed by atoms with Gasteiger partial charge in [-0.05, 0) is 17.7 Å². The van der Waals surface area contributed by atoms with Gasteiger partial charge in [0.2, 0.25) is 0 Å². The molecule has 4 nitrogen and oxygen atoms in total. The Morgan fingerprint density at radius 1 is 1.17 bits per heavy atom. The summed E-state index contributed by atoms with van der Waals surface area (Å²) in [5.74, 6) is -4.70. The number of hydrogen-bond donors (Lipinski definition) is 0. The largest absolute Gasteiger partial charge is 0.858 e. The van der Waals surface area contributed by atoms with Gasteiger partial charge < -0.3 is 5.11 Å². The van der Waals surface area contributed by atoms with Crippen LogP contribution in [0.1, 0.15) is 5.56 Å². The number of sulfonamides is 1. The van der Waals surface area contributed by atoms with Gasteiger partial charge in [-0.1, -0.05) is 6.07 Å². The Labute approximate surface area is 97.4 Å². The lowest BCUT2D eigenvalue weighted by molar-refractivity contribution is -0.212. The standard InChI is InChI=1S/C8H4F5NO3S/c9-5-2-1-4(3-6(5)10)7(15)14-18(16,17)8(11,12)13/h1-3H,(H,14,15)/p-1. The lowest BCUT2D eigenvalue weighted by atomic mass is 10.2. The summed E-state index contributed by atoms with van der Waals surface area (Å²) in [4.78, 5) is 0. The summed E-state index contributed by atoms with van der Waals surface area (Å²) in [6, 6.07) is 1.31. The third-order valence-electron chi connectivity index (χ3n) is 1.66. The predicted octanol–water partition coefficient (Wildman–Crippen LogP) is 0.921. The predicted molar refractivity (Wildman–Crippen MR) is 47.9 cm³/mol. The van der Waals surface area contributed by atoms with Gasteiger partial charge in [-0.3, -0.25) is 0 Å². The number of rotatable bonds is 2. The van der Waals surface area contributed by atoms with Crippen LogP contribution in [0.3, 0.4) is 0 Å². The molecule has 1 aromatic carbocycles. The van der Waals surface area contributed by atoms with E-state index in [1.54, 1.807) is 0 Å². The van der Waals surface area contributed by atoms with Crippen molar-refractivity contribution in [1.82, 2.24) is 0 Å².